The van der Waals surface area contributed by atoms with Crippen molar-refractivity contribution in [3.63, 3.8) is 0 Å². The Labute approximate surface area is 133 Å². The second kappa shape index (κ2) is 5.88. The number of carbonyl (C=O) groups excluding carboxylic acids is 1. The molecule has 2 heterocycles. The summed E-state index contributed by atoms with van der Waals surface area (Å²) in [7, 11) is 1.65. The van der Waals surface area contributed by atoms with Crippen LogP contribution in [0.4, 0.5) is 0 Å². The second-order valence-electron chi connectivity index (χ2n) is 6.03. The average molecular weight is 313 g/mol. The first-order valence-corrected chi connectivity index (χ1v) is 7.79. The first kappa shape index (κ1) is 15.3. The van der Waals surface area contributed by atoms with Gasteiger partial charge in [-0.3, -0.25) is 9.20 Å². The second-order valence-corrected chi connectivity index (χ2v) is 6.03. The molecule has 0 aliphatic heterocycles. The molecule has 0 unspecified atom stereocenters. The number of aromatic nitrogens is 3. The van der Waals surface area contributed by atoms with E-state index in [1.54, 1.807) is 31.4 Å². The van der Waals surface area contributed by atoms with Crippen molar-refractivity contribution in [2.24, 2.45) is 0 Å². The lowest BCUT2D eigenvalue weighted by atomic mass is 9.81. The van der Waals surface area contributed by atoms with Gasteiger partial charge >= 0.3 is 5.69 Å². The number of fused-ring (bicyclic) bond motifs is 1. The van der Waals surface area contributed by atoms with Crippen LogP contribution >= 0.6 is 0 Å². The van der Waals surface area contributed by atoms with E-state index in [0.717, 1.165) is 23.9 Å². The number of amides is 1. The minimum Gasteiger partial charge on any atom is -0.325 e. The maximum absolute atomic E-state index is 12.6. The number of rotatable bonds is 3. The van der Waals surface area contributed by atoms with E-state index < -0.39 is 5.54 Å². The Morgan fingerprint density at radius 3 is 2.78 bits per heavy atom. The van der Waals surface area contributed by atoms with E-state index in [2.05, 4.69) is 11.2 Å². The fourth-order valence-electron chi connectivity index (χ4n) is 3.20. The highest BCUT2D eigenvalue weighted by atomic mass is 16.2. The molecule has 0 radical (unpaired) electrons. The summed E-state index contributed by atoms with van der Waals surface area (Å²) in [6, 6.07) is 7.55. The molecule has 0 spiro atoms. The van der Waals surface area contributed by atoms with Crippen LogP contribution < -0.4 is 5.69 Å². The van der Waals surface area contributed by atoms with Crippen LogP contribution in [0.15, 0.2) is 29.2 Å². The van der Waals surface area contributed by atoms with Gasteiger partial charge in [0.1, 0.15) is 12.1 Å². The topological polar surface area (TPSA) is 83.4 Å². The fourth-order valence-corrected chi connectivity index (χ4v) is 3.20. The maximum Gasteiger partial charge on any atom is 0.350 e. The monoisotopic (exact) mass is 313 g/mol. The molecular weight excluding hydrogens is 294 g/mol. The van der Waals surface area contributed by atoms with E-state index in [9.17, 15) is 14.9 Å². The van der Waals surface area contributed by atoms with E-state index in [1.807, 2.05) is 0 Å². The van der Waals surface area contributed by atoms with Crippen molar-refractivity contribution in [1.29, 1.82) is 5.26 Å². The molecule has 7 heteroatoms. The minimum atomic E-state index is -0.752. The van der Waals surface area contributed by atoms with E-state index in [1.165, 1.54) is 9.30 Å². The molecule has 0 aromatic carbocycles. The van der Waals surface area contributed by atoms with Crippen LogP contribution in [0.3, 0.4) is 0 Å². The summed E-state index contributed by atoms with van der Waals surface area (Å²) in [6.45, 7) is -0.152. The van der Waals surface area contributed by atoms with Gasteiger partial charge in [0, 0.05) is 13.2 Å². The summed E-state index contributed by atoms with van der Waals surface area (Å²) in [5.41, 5.74) is -0.601. The lowest BCUT2D eigenvalue weighted by Crippen LogP contribution is -2.51. The standard InChI is InChI=1S/C16H19N5O2/c1-19(16(12-17)8-4-2-5-9-16)14(22)11-21-15(23)20-10-6-3-7-13(20)18-21/h3,6-7,10H,2,4-5,8-9,11H2,1H3. The molecule has 0 atom stereocenters. The van der Waals surface area contributed by atoms with E-state index in [0.29, 0.717) is 18.5 Å². The fraction of sp³-hybridized carbons (Fsp3) is 0.500. The van der Waals surface area contributed by atoms with Crippen LogP contribution in [0.2, 0.25) is 0 Å². The summed E-state index contributed by atoms with van der Waals surface area (Å²) < 4.78 is 2.55. The quantitative estimate of drug-likeness (QED) is 0.852. The molecule has 120 valence electrons. The van der Waals surface area contributed by atoms with Gasteiger partial charge in [-0.1, -0.05) is 25.3 Å². The number of hydrogen-bond acceptors (Lipinski definition) is 4. The zero-order valence-electron chi connectivity index (χ0n) is 13.1. The Morgan fingerprint density at radius 2 is 2.13 bits per heavy atom. The van der Waals surface area contributed by atoms with Crippen molar-refractivity contribution in [2.45, 2.75) is 44.2 Å². The Balaban J connectivity index is 1.84. The lowest BCUT2D eigenvalue weighted by molar-refractivity contribution is -0.135. The highest BCUT2D eigenvalue weighted by molar-refractivity contribution is 5.77. The number of pyridine rings is 1. The third-order valence-corrected chi connectivity index (χ3v) is 4.68. The van der Waals surface area contributed by atoms with E-state index >= 15 is 0 Å². The average Bonchev–Trinajstić information content (AvgIpc) is 2.91. The van der Waals surface area contributed by atoms with Crippen molar-refractivity contribution in [3.05, 3.63) is 34.9 Å². The molecule has 1 fully saturated rings. The van der Waals surface area contributed by atoms with Crippen molar-refractivity contribution in [3.8, 4) is 6.07 Å². The molecule has 3 rings (SSSR count). The van der Waals surface area contributed by atoms with Crippen molar-refractivity contribution in [1.82, 2.24) is 19.1 Å². The molecule has 0 N–H and O–H groups in total. The van der Waals surface area contributed by atoms with Crippen LogP contribution in [0.5, 0.6) is 0 Å². The predicted octanol–water partition coefficient (Wildman–Crippen LogP) is 1.18. The Bertz CT molecular complexity index is 823. The number of nitriles is 1. The maximum atomic E-state index is 12.6. The molecule has 7 nitrogen and oxygen atoms in total. The lowest BCUT2D eigenvalue weighted by Gasteiger charge is -2.38. The Morgan fingerprint density at radius 1 is 1.39 bits per heavy atom. The van der Waals surface area contributed by atoms with Gasteiger partial charge in [-0.2, -0.15) is 5.26 Å². The van der Waals surface area contributed by atoms with Gasteiger partial charge < -0.3 is 4.90 Å². The summed E-state index contributed by atoms with van der Waals surface area (Å²) in [5, 5.41) is 13.7. The molecule has 23 heavy (non-hydrogen) atoms. The van der Waals surface area contributed by atoms with Gasteiger partial charge in [-0.25, -0.2) is 9.48 Å². The number of hydrogen-bond donors (Lipinski definition) is 0. The molecular formula is C16H19N5O2. The van der Waals surface area contributed by atoms with Crippen molar-refractivity contribution in [2.75, 3.05) is 7.05 Å². The zero-order valence-corrected chi connectivity index (χ0v) is 13.1. The summed E-state index contributed by atoms with van der Waals surface area (Å²) in [5.74, 6) is -0.265. The molecule has 1 aliphatic carbocycles. The minimum absolute atomic E-state index is 0.152. The summed E-state index contributed by atoms with van der Waals surface area (Å²) >= 11 is 0. The summed E-state index contributed by atoms with van der Waals surface area (Å²) in [4.78, 5) is 26.3. The Kier molecular flexibility index (Phi) is 3.90. The van der Waals surface area contributed by atoms with Gasteiger partial charge in [0.15, 0.2) is 5.65 Å². The SMILES string of the molecule is CN(C(=O)Cn1nc2ccccn2c1=O)C1(C#N)CCCCC1. The molecule has 1 amide bonds. The highest BCUT2D eigenvalue weighted by Crippen LogP contribution is 2.32. The van der Waals surface area contributed by atoms with Crippen LogP contribution in [-0.4, -0.2) is 37.6 Å². The van der Waals surface area contributed by atoms with Crippen molar-refractivity contribution < 1.29 is 4.79 Å². The van der Waals surface area contributed by atoms with Crippen LogP contribution in [0.25, 0.3) is 5.65 Å². The Hall–Kier alpha value is -2.62. The molecule has 0 bridgehead atoms. The van der Waals surface area contributed by atoms with Crippen LogP contribution in [0.1, 0.15) is 32.1 Å². The largest absolute Gasteiger partial charge is 0.350 e. The van der Waals surface area contributed by atoms with Gasteiger partial charge in [-0.05, 0) is 25.0 Å². The van der Waals surface area contributed by atoms with E-state index in [4.69, 9.17) is 0 Å². The highest BCUT2D eigenvalue weighted by Gasteiger charge is 2.38. The van der Waals surface area contributed by atoms with Crippen LogP contribution in [-0.2, 0) is 11.3 Å². The zero-order chi connectivity index (χ0) is 16.4. The molecule has 0 saturated heterocycles. The van der Waals surface area contributed by atoms with Gasteiger partial charge in [0.05, 0.1) is 6.07 Å². The van der Waals surface area contributed by atoms with Crippen molar-refractivity contribution >= 4 is 11.6 Å². The third-order valence-electron chi connectivity index (χ3n) is 4.68. The van der Waals surface area contributed by atoms with E-state index in [-0.39, 0.29) is 18.1 Å². The van der Waals surface area contributed by atoms with Gasteiger partial charge in [-0.15, -0.1) is 5.10 Å². The normalized spacial score (nSPS) is 16.9. The number of carbonyl (C=O) groups is 1. The summed E-state index contributed by atoms with van der Waals surface area (Å²) in [6.07, 6.45) is 5.97. The molecule has 2 aromatic rings. The van der Waals surface area contributed by atoms with Gasteiger partial charge in [0.25, 0.3) is 0 Å². The first-order chi connectivity index (χ1) is 11.1. The number of likely N-dealkylation sites (N-methyl/N-ethyl adjacent to an activating group) is 1. The molecule has 1 saturated carbocycles. The molecule has 2 aromatic heterocycles. The third kappa shape index (κ3) is 2.61. The number of nitrogens with zero attached hydrogens (tertiary/aromatic N) is 5. The first-order valence-electron chi connectivity index (χ1n) is 7.79. The predicted molar refractivity (Wildman–Crippen MR) is 83.7 cm³/mol. The smallest absolute Gasteiger partial charge is 0.325 e. The van der Waals surface area contributed by atoms with Gasteiger partial charge in [0.2, 0.25) is 5.91 Å². The molecule has 1 aliphatic rings. The van der Waals surface area contributed by atoms with Crippen LogP contribution in [0, 0.1) is 11.3 Å².